The maximum atomic E-state index is 12.3. The molecule has 1 aliphatic heterocycles. The molecule has 0 unspecified atom stereocenters. The summed E-state index contributed by atoms with van der Waals surface area (Å²) in [6.45, 7) is 1.97. The van der Waals surface area contributed by atoms with Gasteiger partial charge in [-0.2, -0.15) is 0 Å². The molecule has 0 bridgehead atoms. The van der Waals surface area contributed by atoms with Gasteiger partial charge in [-0.25, -0.2) is 9.78 Å². The first-order valence-electron chi connectivity index (χ1n) is 7.95. The fourth-order valence-corrected chi connectivity index (χ4v) is 3.33. The molecule has 0 aliphatic carbocycles. The van der Waals surface area contributed by atoms with Gasteiger partial charge in [0.25, 0.3) is 0 Å². The van der Waals surface area contributed by atoms with Crippen LogP contribution in [0.25, 0.3) is 0 Å². The minimum absolute atomic E-state index is 0.0941. The number of aromatic nitrogens is 1. The van der Waals surface area contributed by atoms with E-state index < -0.39 is 0 Å². The Kier molecular flexibility index (Phi) is 5.61. The van der Waals surface area contributed by atoms with Crippen LogP contribution in [0.1, 0.15) is 17.7 Å². The van der Waals surface area contributed by atoms with E-state index in [4.69, 9.17) is 4.74 Å². The second-order valence-corrected chi connectivity index (χ2v) is 6.59. The molecular weight excluding hydrogens is 322 g/mol. The number of amides is 2. The van der Waals surface area contributed by atoms with E-state index in [-0.39, 0.29) is 6.03 Å². The van der Waals surface area contributed by atoms with E-state index in [2.05, 4.69) is 28.5 Å². The lowest BCUT2D eigenvalue weighted by Gasteiger charge is -2.26. The van der Waals surface area contributed by atoms with E-state index in [1.807, 2.05) is 23.6 Å². The third-order valence-corrected chi connectivity index (χ3v) is 4.72. The zero-order valence-corrected chi connectivity index (χ0v) is 14.5. The zero-order chi connectivity index (χ0) is 16.8. The lowest BCUT2D eigenvalue weighted by molar-refractivity contribution is 0.203. The minimum Gasteiger partial charge on any atom is -0.380 e. The maximum absolute atomic E-state index is 12.3. The molecule has 2 heterocycles. The summed E-state index contributed by atoms with van der Waals surface area (Å²) in [5, 5.41) is 5.54. The number of nitrogens with zero attached hydrogens (tertiary/aromatic N) is 2. The molecule has 3 rings (SSSR count). The van der Waals surface area contributed by atoms with Crippen LogP contribution in [0.15, 0.2) is 47.4 Å². The molecule has 1 aromatic carbocycles. The van der Waals surface area contributed by atoms with Gasteiger partial charge in [0.15, 0.2) is 5.13 Å². The normalized spacial score (nSPS) is 14.4. The van der Waals surface area contributed by atoms with Crippen LogP contribution in [0.2, 0.25) is 0 Å². The largest absolute Gasteiger partial charge is 0.380 e. The summed E-state index contributed by atoms with van der Waals surface area (Å²) in [6, 6.07) is 10.1. The summed E-state index contributed by atoms with van der Waals surface area (Å²) in [5.41, 5.74) is 3.44. The van der Waals surface area contributed by atoms with E-state index in [0.29, 0.717) is 24.8 Å². The Morgan fingerprint density at radius 3 is 2.92 bits per heavy atom. The highest BCUT2D eigenvalue weighted by Gasteiger charge is 2.18. The van der Waals surface area contributed by atoms with Crippen LogP contribution in [0.5, 0.6) is 0 Å². The van der Waals surface area contributed by atoms with Crippen LogP contribution >= 0.6 is 11.3 Å². The van der Waals surface area contributed by atoms with Gasteiger partial charge in [0.05, 0.1) is 12.3 Å². The van der Waals surface area contributed by atoms with Gasteiger partial charge < -0.3 is 9.64 Å². The second-order valence-electron chi connectivity index (χ2n) is 5.73. The van der Waals surface area contributed by atoms with Crippen molar-refractivity contribution >= 4 is 22.5 Å². The van der Waals surface area contributed by atoms with Crippen molar-refractivity contribution in [1.82, 2.24) is 9.88 Å². The average Bonchev–Trinajstić information content (AvgIpc) is 3.03. The van der Waals surface area contributed by atoms with E-state index in [0.717, 1.165) is 18.5 Å². The zero-order valence-electron chi connectivity index (χ0n) is 13.7. The number of carbonyl (C=O) groups excluding carboxylic acids is 1. The van der Waals surface area contributed by atoms with Crippen LogP contribution < -0.4 is 5.32 Å². The topological polar surface area (TPSA) is 54.5 Å². The van der Waals surface area contributed by atoms with Crippen LogP contribution in [-0.2, 0) is 11.2 Å². The maximum Gasteiger partial charge on any atom is 0.323 e. The van der Waals surface area contributed by atoms with Gasteiger partial charge in [-0.05, 0) is 17.6 Å². The number of hydrogen-bond donors (Lipinski definition) is 1. The van der Waals surface area contributed by atoms with Gasteiger partial charge in [-0.15, -0.1) is 11.3 Å². The highest BCUT2D eigenvalue weighted by Crippen LogP contribution is 2.19. The van der Waals surface area contributed by atoms with Gasteiger partial charge >= 0.3 is 6.03 Å². The number of thiazole rings is 1. The van der Waals surface area contributed by atoms with Crippen molar-refractivity contribution in [2.24, 2.45) is 0 Å². The van der Waals surface area contributed by atoms with E-state index >= 15 is 0 Å². The summed E-state index contributed by atoms with van der Waals surface area (Å²) in [6.07, 6.45) is 3.70. The number of anilines is 1. The predicted octanol–water partition coefficient (Wildman–Crippen LogP) is 3.54. The fraction of sp³-hybridized carbons (Fsp3) is 0.333. The molecule has 0 spiro atoms. The Labute approximate surface area is 146 Å². The Morgan fingerprint density at radius 1 is 1.38 bits per heavy atom. The lowest BCUT2D eigenvalue weighted by Crippen LogP contribution is -2.38. The molecule has 1 aromatic heterocycles. The van der Waals surface area contributed by atoms with E-state index in [1.54, 1.807) is 12.0 Å². The number of rotatable bonds is 5. The van der Waals surface area contributed by atoms with Crippen LogP contribution in [0, 0.1) is 0 Å². The molecule has 0 saturated carbocycles. The summed E-state index contributed by atoms with van der Waals surface area (Å²) < 4.78 is 5.13. The SMILES string of the molecule is COCC1=CCN(C(=O)Nc2nc(Cc3ccccc3)cs2)CC1. The van der Waals surface area contributed by atoms with Gasteiger partial charge in [0.1, 0.15) is 0 Å². The smallest absolute Gasteiger partial charge is 0.323 e. The molecule has 6 heteroatoms. The second kappa shape index (κ2) is 8.08. The molecule has 0 saturated heterocycles. The Balaban J connectivity index is 1.54. The Morgan fingerprint density at radius 2 is 2.21 bits per heavy atom. The molecule has 126 valence electrons. The van der Waals surface area contributed by atoms with Crippen molar-refractivity contribution < 1.29 is 9.53 Å². The first kappa shape index (κ1) is 16.7. The number of urea groups is 1. The quantitative estimate of drug-likeness (QED) is 0.845. The first-order chi connectivity index (χ1) is 11.7. The fourth-order valence-electron chi connectivity index (χ4n) is 2.63. The van der Waals surface area contributed by atoms with Crippen molar-refractivity contribution in [2.75, 3.05) is 32.1 Å². The summed E-state index contributed by atoms with van der Waals surface area (Å²) >= 11 is 1.46. The van der Waals surface area contributed by atoms with Gasteiger partial charge in [0.2, 0.25) is 0 Å². The molecule has 0 atom stereocenters. The molecule has 5 nitrogen and oxygen atoms in total. The van der Waals surface area contributed by atoms with Crippen molar-refractivity contribution in [2.45, 2.75) is 12.8 Å². The summed E-state index contributed by atoms with van der Waals surface area (Å²) in [7, 11) is 1.69. The van der Waals surface area contributed by atoms with Crippen LogP contribution in [0.4, 0.5) is 9.93 Å². The predicted molar refractivity (Wildman–Crippen MR) is 96.5 cm³/mol. The number of hydrogen-bond acceptors (Lipinski definition) is 4. The minimum atomic E-state index is -0.0941. The first-order valence-corrected chi connectivity index (χ1v) is 8.83. The highest BCUT2D eigenvalue weighted by atomic mass is 32.1. The van der Waals surface area contributed by atoms with Crippen LogP contribution in [0.3, 0.4) is 0 Å². The number of methoxy groups -OCH3 is 1. The third-order valence-electron chi connectivity index (χ3n) is 3.91. The average molecular weight is 343 g/mol. The molecule has 1 aliphatic rings. The highest BCUT2D eigenvalue weighted by molar-refractivity contribution is 7.13. The summed E-state index contributed by atoms with van der Waals surface area (Å²) in [5.74, 6) is 0. The molecule has 2 amide bonds. The molecular formula is C18H21N3O2S. The molecule has 1 N–H and O–H groups in total. The number of benzene rings is 1. The lowest BCUT2D eigenvalue weighted by atomic mass is 10.1. The van der Waals surface area contributed by atoms with E-state index in [9.17, 15) is 4.79 Å². The molecule has 2 aromatic rings. The van der Waals surface area contributed by atoms with Gasteiger partial charge in [-0.1, -0.05) is 36.4 Å². The molecule has 0 fully saturated rings. The molecule has 24 heavy (non-hydrogen) atoms. The van der Waals surface area contributed by atoms with Crippen LogP contribution in [-0.4, -0.2) is 42.7 Å². The molecule has 0 radical (unpaired) electrons. The third kappa shape index (κ3) is 4.43. The van der Waals surface area contributed by atoms with Crippen molar-refractivity contribution in [1.29, 1.82) is 0 Å². The Bertz CT molecular complexity index is 712. The summed E-state index contributed by atoms with van der Waals surface area (Å²) in [4.78, 5) is 18.6. The monoisotopic (exact) mass is 343 g/mol. The number of nitrogens with one attached hydrogen (secondary N) is 1. The Hall–Kier alpha value is -2.18. The van der Waals surface area contributed by atoms with Crippen molar-refractivity contribution in [3.05, 3.63) is 58.6 Å². The van der Waals surface area contributed by atoms with Crippen molar-refractivity contribution in [3.8, 4) is 0 Å². The number of ether oxygens (including phenoxy) is 1. The number of carbonyl (C=O) groups is 1. The standard InChI is InChI=1S/C18H21N3O2S/c1-23-12-15-7-9-21(10-8-15)18(22)20-17-19-16(13-24-17)11-14-5-3-2-4-6-14/h2-7,13H,8-12H2,1H3,(H,19,20,22). The van der Waals surface area contributed by atoms with Crippen molar-refractivity contribution in [3.63, 3.8) is 0 Å². The van der Waals surface area contributed by atoms with E-state index in [1.165, 1.54) is 22.5 Å². The van der Waals surface area contributed by atoms with Gasteiger partial charge in [0, 0.05) is 32.0 Å². The van der Waals surface area contributed by atoms with Gasteiger partial charge in [-0.3, -0.25) is 5.32 Å².